The molecule has 1 aliphatic heterocycles. The van der Waals surface area contributed by atoms with Gasteiger partial charge in [-0.1, -0.05) is 22.9 Å². The van der Waals surface area contributed by atoms with E-state index >= 15 is 0 Å². The Morgan fingerprint density at radius 2 is 2.54 bits per heavy atom. The summed E-state index contributed by atoms with van der Waals surface area (Å²) in [7, 11) is 0. The third kappa shape index (κ3) is 1.38. The number of hydrogen-bond acceptors (Lipinski definition) is 4. The van der Waals surface area contributed by atoms with Crippen LogP contribution in [0.1, 0.15) is 18.2 Å². The zero-order valence-corrected chi connectivity index (χ0v) is 8.69. The summed E-state index contributed by atoms with van der Waals surface area (Å²) in [4.78, 5) is 6.82. The second-order valence-electron chi connectivity index (χ2n) is 3.06. The second kappa shape index (κ2) is 3.17. The van der Waals surface area contributed by atoms with Crippen molar-refractivity contribution in [2.45, 2.75) is 19.4 Å². The first-order valence-corrected chi connectivity index (χ1v) is 5.25. The molecular formula is C8H8ClN3S. The lowest BCUT2D eigenvalue weighted by Gasteiger charge is -2.38. The average Bonchev–Trinajstić information content (AvgIpc) is 2.44. The van der Waals surface area contributed by atoms with E-state index in [2.05, 4.69) is 16.8 Å². The summed E-state index contributed by atoms with van der Waals surface area (Å²) in [5, 5.41) is 9.90. The normalized spacial score (nSPS) is 21.0. The van der Waals surface area contributed by atoms with Crippen LogP contribution < -0.4 is 4.90 Å². The van der Waals surface area contributed by atoms with E-state index in [1.165, 1.54) is 17.8 Å². The van der Waals surface area contributed by atoms with Crippen LogP contribution in [-0.2, 0) is 0 Å². The summed E-state index contributed by atoms with van der Waals surface area (Å²) in [6, 6.07) is 2.57. The summed E-state index contributed by atoms with van der Waals surface area (Å²) in [5.41, 5.74) is 0. The Kier molecular flexibility index (Phi) is 2.14. The van der Waals surface area contributed by atoms with E-state index in [1.54, 1.807) is 0 Å². The first-order valence-electron chi connectivity index (χ1n) is 4.05. The number of hydrogen-bond donors (Lipinski definition) is 0. The second-order valence-corrected chi connectivity index (χ2v) is 4.39. The Bertz CT molecular complexity index is 368. The van der Waals surface area contributed by atoms with Crippen LogP contribution in [0.25, 0.3) is 0 Å². The number of anilines is 1. The van der Waals surface area contributed by atoms with E-state index in [1.807, 2.05) is 6.07 Å². The fourth-order valence-corrected chi connectivity index (χ4v) is 2.45. The lowest BCUT2D eigenvalue weighted by Crippen LogP contribution is -2.45. The van der Waals surface area contributed by atoms with Crippen LogP contribution in [0.4, 0.5) is 5.13 Å². The van der Waals surface area contributed by atoms with Crippen molar-refractivity contribution in [3.05, 3.63) is 10.0 Å². The summed E-state index contributed by atoms with van der Waals surface area (Å²) in [6.07, 6.45) is 1.19. The first kappa shape index (κ1) is 8.79. The van der Waals surface area contributed by atoms with Gasteiger partial charge in [0.2, 0.25) is 0 Å². The quantitative estimate of drug-likeness (QED) is 0.719. The van der Waals surface area contributed by atoms with Crippen molar-refractivity contribution in [3.8, 4) is 6.07 Å². The highest BCUT2D eigenvalue weighted by atomic mass is 35.5. The van der Waals surface area contributed by atoms with Crippen molar-refractivity contribution in [2.75, 3.05) is 11.4 Å². The molecule has 1 aromatic rings. The summed E-state index contributed by atoms with van der Waals surface area (Å²) < 4.78 is 0. The van der Waals surface area contributed by atoms with Gasteiger partial charge in [0.25, 0.3) is 0 Å². The van der Waals surface area contributed by atoms with Gasteiger partial charge >= 0.3 is 0 Å². The largest absolute Gasteiger partial charge is 0.345 e. The molecule has 0 N–H and O–H groups in total. The molecule has 0 aromatic carbocycles. The zero-order valence-electron chi connectivity index (χ0n) is 7.12. The number of nitriles is 1. The van der Waals surface area contributed by atoms with Crippen molar-refractivity contribution < 1.29 is 0 Å². The van der Waals surface area contributed by atoms with Gasteiger partial charge in [-0.15, -0.1) is 0 Å². The average molecular weight is 214 g/mol. The minimum Gasteiger partial charge on any atom is -0.345 e. The van der Waals surface area contributed by atoms with E-state index in [0.717, 1.165) is 11.7 Å². The Hall–Kier alpha value is -0.790. The maximum Gasteiger partial charge on any atom is 0.188 e. The molecule has 0 amide bonds. The van der Waals surface area contributed by atoms with Gasteiger partial charge in [0.05, 0.1) is 0 Å². The fourth-order valence-electron chi connectivity index (χ4n) is 1.28. The molecule has 0 spiro atoms. The zero-order chi connectivity index (χ0) is 9.42. The maximum atomic E-state index is 8.69. The molecule has 1 unspecified atom stereocenters. The molecule has 2 heterocycles. The molecule has 1 saturated heterocycles. The standard InChI is InChI=1S/C8H8ClN3S/c1-5-2-3-12(5)8-11-7(9)6(4-10)13-8/h5H,2-3H2,1H3. The highest BCUT2D eigenvalue weighted by molar-refractivity contribution is 7.16. The molecule has 0 aliphatic carbocycles. The van der Waals surface area contributed by atoms with Crippen LogP contribution in [0, 0.1) is 11.3 Å². The molecule has 0 radical (unpaired) electrons. The molecule has 5 heteroatoms. The van der Waals surface area contributed by atoms with Crippen LogP contribution in [0.5, 0.6) is 0 Å². The maximum absolute atomic E-state index is 8.69. The summed E-state index contributed by atoms with van der Waals surface area (Å²) in [6.45, 7) is 3.17. The highest BCUT2D eigenvalue weighted by Crippen LogP contribution is 2.33. The van der Waals surface area contributed by atoms with Crippen molar-refractivity contribution in [1.29, 1.82) is 5.26 Å². The van der Waals surface area contributed by atoms with E-state index in [-0.39, 0.29) is 0 Å². The SMILES string of the molecule is CC1CCN1c1nc(Cl)c(C#N)s1. The van der Waals surface area contributed by atoms with Gasteiger partial charge in [0, 0.05) is 12.6 Å². The number of thiazole rings is 1. The van der Waals surface area contributed by atoms with Crippen LogP contribution >= 0.6 is 22.9 Å². The molecule has 2 rings (SSSR count). The van der Waals surface area contributed by atoms with Crippen LogP contribution in [-0.4, -0.2) is 17.6 Å². The molecule has 1 aliphatic rings. The minimum atomic E-state index is 0.335. The Morgan fingerprint density at radius 1 is 1.77 bits per heavy atom. The first-order chi connectivity index (χ1) is 6.22. The predicted octanol–water partition coefficient (Wildman–Crippen LogP) is 2.27. The molecule has 1 atom stereocenters. The number of halogens is 1. The number of aromatic nitrogens is 1. The van der Waals surface area contributed by atoms with Crippen LogP contribution in [0.15, 0.2) is 0 Å². The fraction of sp³-hybridized carbons (Fsp3) is 0.500. The van der Waals surface area contributed by atoms with Crippen molar-refractivity contribution in [1.82, 2.24) is 4.98 Å². The Morgan fingerprint density at radius 3 is 2.92 bits per heavy atom. The molecule has 0 bridgehead atoms. The highest BCUT2D eigenvalue weighted by Gasteiger charge is 2.27. The van der Waals surface area contributed by atoms with E-state index < -0.39 is 0 Å². The number of rotatable bonds is 1. The predicted molar refractivity (Wildman–Crippen MR) is 53.3 cm³/mol. The van der Waals surface area contributed by atoms with Crippen LogP contribution in [0.3, 0.4) is 0 Å². The third-order valence-electron chi connectivity index (χ3n) is 2.24. The molecule has 3 nitrogen and oxygen atoms in total. The number of nitrogens with zero attached hydrogens (tertiary/aromatic N) is 3. The van der Waals surface area contributed by atoms with Crippen molar-refractivity contribution in [3.63, 3.8) is 0 Å². The minimum absolute atomic E-state index is 0.335. The monoisotopic (exact) mass is 213 g/mol. The smallest absolute Gasteiger partial charge is 0.188 e. The van der Waals surface area contributed by atoms with Gasteiger partial charge < -0.3 is 4.90 Å². The van der Waals surface area contributed by atoms with Gasteiger partial charge in [-0.3, -0.25) is 0 Å². The van der Waals surface area contributed by atoms with Crippen LogP contribution in [0.2, 0.25) is 5.15 Å². The molecule has 68 valence electrons. The van der Waals surface area contributed by atoms with E-state index in [4.69, 9.17) is 16.9 Å². The van der Waals surface area contributed by atoms with Gasteiger partial charge in [-0.2, -0.15) is 5.26 Å². The van der Waals surface area contributed by atoms with Gasteiger partial charge in [0.15, 0.2) is 10.3 Å². The van der Waals surface area contributed by atoms with Crippen molar-refractivity contribution >= 4 is 28.1 Å². The lowest BCUT2D eigenvalue weighted by molar-refractivity contribution is 0.480. The molecule has 0 saturated carbocycles. The van der Waals surface area contributed by atoms with Gasteiger partial charge in [0.1, 0.15) is 10.9 Å². The summed E-state index contributed by atoms with van der Waals surface area (Å²) >= 11 is 7.14. The summed E-state index contributed by atoms with van der Waals surface area (Å²) in [5.74, 6) is 0. The topological polar surface area (TPSA) is 39.9 Å². The van der Waals surface area contributed by atoms with Gasteiger partial charge in [-0.25, -0.2) is 4.98 Å². The molecule has 1 aromatic heterocycles. The molecule has 1 fully saturated rings. The third-order valence-corrected chi connectivity index (χ3v) is 3.62. The Labute approximate surface area is 85.6 Å². The van der Waals surface area contributed by atoms with Gasteiger partial charge in [-0.05, 0) is 13.3 Å². The van der Waals surface area contributed by atoms with E-state index in [9.17, 15) is 0 Å². The van der Waals surface area contributed by atoms with E-state index in [0.29, 0.717) is 16.1 Å². The lowest BCUT2D eigenvalue weighted by atomic mass is 10.1. The van der Waals surface area contributed by atoms with Crippen molar-refractivity contribution in [2.24, 2.45) is 0 Å². The molecular weight excluding hydrogens is 206 g/mol. The Balaban J connectivity index is 2.27. The molecule has 13 heavy (non-hydrogen) atoms.